The molecule has 0 heterocycles. The number of unbranched alkanes of at least 4 members (excludes halogenated alkanes) is 4. The van der Waals surface area contributed by atoms with E-state index in [-0.39, 0.29) is 13.2 Å². The van der Waals surface area contributed by atoms with Gasteiger partial charge in [0.05, 0.1) is 24.6 Å². The molecule has 0 saturated carbocycles. The lowest BCUT2D eigenvalue weighted by Gasteiger charge is -2.25. The van der Waals surface area contributed by atoms with Gasteiger partial charge in [-0.1, -0.05) is 42.6 Å². The molecular weight excluding hydrogens is 411 g/mol. The minimum Gasteiger partial charge on any atom is -0.309 e. The van der Waals surface area contributed by atoms with Crippen LogP contribution in [0.15, 0.2) is 23.3 Å². The molecule has 0 amide bonds. The monoisotopic (exact) mass is 452 g/mol. The lowest BCUT2D eigenvalue weighted by atomic mass is 10.1. The van der Waals surface area contributed by atoms with Crippen LogP contribution in [0, 0.1) is 0 Å². The summed E-state index contributed by atoms with van der Waals surface area (Å²) in [7, 11) is -7.83. The molecule has 1 atom stereocenters. The summed E-state index contributed by atoms with van der Waals surface area (Å²) in [5.41, 5.74) is 1.92. The Morgan fingerprint density at radius 2 is 1.55 bits per heavy atom. The van der Waals surface area contributed by atoms with Gasteiger partial charge in [-0.25, -0.2) is 0 Å². The molecule has 0 radical (unpaired) electrons. The first-order chi connectivity index (χ1) is 13.5. The zero-order valence-electron chi connectivity index (χ0n) is 18.9. The molecule has 1 N–H and O–H groups in total. The summed E-state index contributed by atoms with van der Waals surface area (Å²) in [4.78, 5) is 0. The van der Waals surface area contributed by atoms with Crippen molar-refractivity contribution in [2.24, 2.45) is 0 Å². The van der Waals surface area contributed by atoms with Crippen molar-refractivity contribution >= 4 is 17.7 Å². The second-order valence-corrected chi connectivity index (χ2v) is 11.5. The fourth-order valence-electron chi connectivity index (χ4n) is 3.10. The van der Waals surface area contributed by atoms with Crippen molar-refractivity contribution in [3.8, 4) is 0 Å². The standard InChI is InChI=1S/C21H41O6PS/c1-6-26-28(22,27-7-2)21(18-29(23,24)25)17-12-10-8-9-11-15-20(5)16-13-14-19(3)4/h14-15,21H,6-13,16-18H2,1-5H3,(H,23,24,25)/b20-15+. The van der Waals surface area contributed by atoms with Crippen LogP contribution in [0.1, 0.15) is 86.0 Å². The van der Waals surface area contributed by atoms with Crippen LogP contribution in [0.3, 0.4) is 0 Å². The Kier molecular flexibility index (Phi) is 15.1. The molecule has 0 aliphatic rings. The van der Waals surface area contributed by atoms with E-state index in [0.29, 0.717) is 12.8 Å². The van der Waals surface area contributed by atoms with E-state index in [9.17, 15) is 17.5 Å². The Bertz CT molecular complexity index is 640. The van der Waals surface area contributed by atoms with E-state index in [2.05, 4.69) is 32.9 Å². The van der Waals surface area contributed by atoms with E-state index >= 15 is 0 Å². The number of hydrogen-bond donors (Lipinski definition) is 1. The minimum absolute atomic E-state index is 0.165. The fourth-order valence-corrected chi connectivity index (χ4v) is 6.76. The van der Waals surface area contributed by atoms with Gasteiger partial charge in [-0.3, -0.25) is 9.12 Å². The van der Waals surface area contributed by atoms with Gasteiger partial charge in [0.25, 0.3) is 10.1 Å². The maximum Gasteiger partial charge on any atom is 0.334 e. The van der Waals surface area contributed by atoms with E-state index in [4.69, 9.17) is 9.05 Å². The summed E-state index contributed by atoms with van der Waals surface area (Å²) in [6.07, 6.45) is 11.8. The van der Waals surface area contributed by atoms with Crippen molar-refractivity contribution in [2.75, 3.05) is 19.0 Å². The van der Waals surface area contributed by atoms with Crippen molar-refractivity contribution in [2.45, 2.75) is 91.6 Å². The van der Waals surface area contributed by atoms with Gasteiger partial charge in [0.2, 0.25) is 0 Å². The normalized spacial score (nSPS) is 14.1. The van der Waals surface area contributed by atoms with E-state index in [0.717, 1.165) is 38.5 Å². The largest absolute Gasteiger partial charge is 0.334 e. The van der Waals surface area contributed by atoms with Gasteiger partial charge in [-0.2, -0.15) is 8.42 Å². The Hall–Kier alpha value is -0.460. The summed E-state index contributed by atoms with van der Waals surface area (Å²) in [5, 5.41) is 0. The van der Waals surface area contributed by atoms with Crippen molar-refractivity contribution in [1.82, 2.24) is 0 Å². The Morgan fingerprint density at radius 1 is 0.966 bits per heavy atom. The molecule has 0 aliphatic heterocycles. The molecule has 0 rings (SSSR count). The summed E-state index contributed by atoms with van der Waals surface area (Å²) in [6.45, 7) is 10.1. The Labute approximate surface area is 178 Å². The molecule has 6 nitrogen and oxygen atoms in total. The maximum absolute atomic E-state index is 12.9. The second kappa shape index (κ2) is 15.4. The van der Waals surface area contributed by atoms with Gasteiger partial charge < -0.3 is 9.05 Å². The summed E-state index contributed by atoms with van der Waals surface area (Å²) in [6, 6.07) is 0. The van der Waals surface area contributed by atoms with Crippen molar-refractivity contribution in [3.05, 3.63) is 23.3 Å². The lowest BCUT2D eigenvalue weighted by Crippen LogP contribution is -2.23. The maximum atomic E-state index is 12.9. The molecule has 8 heteroatoms. The molecule has 0 aromatic heterocycles. The predicted octanol–water partition coefficient (Wildman–Crippen LogP) is 6.54. The van der Waals surface area contributed by atoms with Crippen LogP contribution in [0.2, 0.25) is 0 Å². The SMILES string of the molecule is CCOP(=O)(OCC)C(CCCCCC/C=C(\C)CCC=C(C)C)CS(=O)(=O)O. The molecule has 0 aromatic carbocycles. The van der Waals surface area contributed by atoms with Crippen LogP contribution in [0.5, 0.6) is 0 Å². The first kappa shape index (κ1) is 28.5. The highest BCUT2D eigenvalue weighted by atomic mass is 32.2. The number of rotatable bonds is 17. The minimum atomic E-state index is -4.26. The highest BCUT2D eigenvalue weighted by Crippen LogP contribution is 2.55. The van der Waals surface area contributed by atoms with Crippen molar-refractivity contribution in [1.29, 1.82) is 0 Å². The van der Waals surface area contributed by atoms with Crippen LogP contribution < -0.4 is 0 Å². The third-order valence-corrected chi connectivity index (χ3v) is 8.19. The van der Waals surface area contributed by atoms with Gasteiger partial charge in [0.1, 0.15) is 0 Å². The summed E-state index contributed by atoms with van der Waals surface area (Å²) in [5.74, 6) is -0.599. The molecule has 0 fully saturated rings. The molecule has 29 heavy (non-hydrogen) atoms. The predicted molar refractivity (Wildman–Crippen MR) is 121 cm³/mol. The average molecular weight is 453 g/mol. The second-order valence-electron chi connectivity index (χ2n) is 7.64. The molecule has 0 saturated heterocycles. The summed E-state index contributed by atoms with van der Waals surface area (Å²) >= 11 is 0. The first-order valence-corrected chi connectivity index (χ1v) is 13.9. The Morgan fingerprint density at radius 3 is 2.07 bits per heavy atom. The third kappa shape index (κ3) is 15.1. The molecule has 1 unspecified atom stereocenters. The van der Waals surface area contributed by atoms with Crippen LogP contribution in [0.4, 0.5) is 0 Å². The fraction of sp³-hybridized carbons (Fsp3) is 0.810. The zero-order chi connectivity index (χ0) is 22.3. The highest BCUT2D eigenvalue weighted by Gasteiger charge is 2.37. The van der Waals surface area contributed by atoms with Crippen LogP contribution in [-0.4, -0.2) is 37.6 Å². The molecule has 172 valence electrons. The number of hydrogen-bond acceptors (Lipinski definition) is 5. The number of allylic oxidation sites excluding steroid dienone is 4. The van der Waals surface area contributed by atoms with E-state index in [1.54, 1.807) is 13.8 Å². The van der Waals surface area contributed by atoms with Gasteiger partial charge in [0, 0.05) is 0 Å². The molecule has 0 aromatic rings. The first-order valence-electron chi connectivity index (χ1n) is 10.7. The van der Waals surface area contributed by atoms with Crippen LogP contribution >= 0.6 is 7.60 Å². The molecular formula is C21H41O6PS. The van der Waals surface area contributed by atoms with Crippen molar-refractivity contribution < 1.29 is 26.6 Å². The molecule has 0 bridgehead atoms. The lowest BCUT2D eigenvalue weighted by molar-refractivity contribution is 0.211. The third-order valence-electron chi connectivity index (χ3n) is 4.54. The average Bonchev–Trinajstić information content (AvgIpc) is 2.59. The zero-order valence-corrected chi connectivity index (χ0v) is 20.6. The molecule has 0 aliphatic carbocycles. The van der Waals surface area contributed by atoms with Crippen molar-refractivity contribution in [3.63, 3.8) is 0 Å². The van der Waals surface area contributed by atoms with Crippen LogP contribution in [-0.2, 0) is 23.7 Å². The highest BCUT2D eigenvalue weighted by molar-refractivity contribution is 7.86. The van der Waals surface area contributed by atoms with Crippen LogP contribution in [0.25, 0.3) is 0 Å². The quantitative estimate of drug-likeness (QED) is 0.117. The van der Waals surface area contributed by atoms with Gasteiger partial charge >= 0.3 is 7.60 Å². The summed E-state index contributed by atoms with van der Waals surface area (Å²) < 4.78 is 55.5. The van der Waals surface area contributed by atoms with E-state index < -0.39 is 29.1 Å². The van der Waals surface area contributed by atoms with E-state index in [1.807, 2.05) is 0 Å². The van der Waals surface area contributed by atoms with Gasteiger partial charge in [-0.05, 0) is 66.7 Å². The van der Waals surface area contributed by atoms with Gasteiger partial charge in [0.15, 0.2) is 0 Å². The Balaban J connectivity index is 4.44. The molecule has 0 spiro atoms. The topological polar surface area (TPSA) is 89.9 Å². The van der Waals surface area contributed by atoms with E-state index in [1.165, 1.54) is 11.1 Å². The van der Waals surface area contributed by atoms with Gasteiger partial charge in [-0.15, -0.1) is 0 Å². The smallest absolute Gasteiger partial charge is 0.309 e.